The first-order valence-corrected chi connectivity index (χ1v) is 7.75. The summed E-state index contributed by atoms with van der Waals surface area (Å²) in [7, 11) is 3.64. The van der Waals surface area contributed by atoms with Gasteiger partial charge in [0, 0.05) is 35.0 Å². The normalized spacial score (nSPS) is 13.7. The van der Waals surface area contributed by atoms with Gasteiger partial charge in [-0.05, 0) is 30.2 Å². The summed E-state index contributed by atoms with van der Waals surface area (Å²) in [6.07, 6.45) is 2.95. The number of hydrogen-bond donors (Lipinski definition) is 0. The number of carbonyl (C=O) groups excluding carboxylic acids is 1. The smallest absolute Gasteiger partial charge is 0.160 e. The van der Waals surface area contributed by atoms with Crippen LogP contribution in [0.1, 0.15) is 31.2 Å². The number of benzene rings is 1. The molecule has 1 aliphatic rings. The molecule has 1 aromatic carbocycles. The lowest BCUT2D eigenvalue weighted by atomic mass is 9.97. The number of hydrogen-bond acceptors (Lipinski definition) is 4. The highest BCUT2D eigenvalue weighted by Crippen LogP contribution is 2.41. The number of thiophene rings is 1. The van der Waals surface area contributed by atoms with Crippen molar-refractivity contribution in [3.63, 3.8) is 0 Å². The van der Waals surface area contributed by atoms with Gasteiger partial charge < -0.3 is 9.64 Å². The van der Waals surface area contributed by atoms with Gasteiger partial charge in [-0.2, -0.15) is 0 Å². The zero-order valence-corrected chi connectivity index (χ0v) is 13.7. The number of rotatable bonds is 3. The average molecular weight is 311 g/mol. The molecule has 0 aliphatic carbocycles. The molecule has 1 aliphatic heterocycles. The van der Waals surface area contributed by atoms with E-state index in [0.717, 1.165) is 44.9 Å². The molecule has 1 aromatic heterocycles. The molecule has 4 heteroatoms. The van der Waals surface area contributed by atoms with Crippen LogP contribution in [0.4, 0.5) is 0 Å². The Morgan fingerprint density at radius 3 is 2.77 bits per heavy atom. The Bertz CT molecular complexity index is 801. The van der Waals surface area contributed by atoms with Crippen LogP contribution in [0.25, 0.3) is 11.3 Å². The lowest BCUT2D eigenvalue weighted by Gasteiger charge is -2.25. The Labute approximate surface area is 134 Å². The van der Waals surface area contributed by atoms with Crippen molar-refractivity contribution >= 4 is 28.9 Å². The summed E-state index contributed by atoms with van der Waals surface area (Å²) in [5.74, 6) is 0.860. The van der Waals surface area contributed by atoms with Crippen LogP contribution in [0.2, 0.25) is 0 Å². The van der Waals surface area contributed by atoms with E-state index in [1.807, 2.05) is 37.1 Å². The Balaban J connectivity index is 2.18. The van der Waals surface area contributed by atoms with Crippen molar-refractivity contribution in [1.82, 2.24) is 4.90 Å². The molecule has 0 spiro atoms. The fraction of sp³-hybridized carbons (Fsp3) is 0.167. The van der Waals surface area contributed by atoms with Crippen LogP contribution in [0.15, 0.2) is 37.0 Å². The van der Waals surface area contributed by atoms with Gasteiger partial charge in [0.1, 0.15) is 5.75 Å². The second-order valence-corrected chi connectivity index (χ2v) is 6.38. The molecule has 0 atom stereocenters. The van der Waals surface area contributed by atoms with Crippen molar-refractivity contribution < 1.29 is 9.53 Å². The van der Waals surface area contributed by atoms with Gasteiger partial charge in [-0.15, -0.1) is 11.3 Å². The molecule has 0 saturated carbocycles. The van der Waals surface area contributed by atoms with E-state index in [-0.39, 0.29) is 0 Å². The molecule has 0 unspecified atom stereocenters. The van der Waals surface area contributed by atoms with Crippen molar-refractivity contribution in [3.05, 3.63) is 63.5 Å². The first-order chi connectivity index (χ1) is 10.5. The molecule has 2 heterocycles. The molecule has 0 N–H and O–H groups in total. The number of ether oxygens (including phenoxy) is 1. The predicted molar refractivity (Wildman–Crippen MR) is 91.3 cm³/mol. The maximum atomic E-state index is 11.1. The number of nitrogens with zero attached hydrogens (tertiary/aromatic N) is 1. The van der Waals surface area contributed by atoms with E-state index in [1.54, 1.807) is 7.11 Å². The Hall–Kier alpha value is -2.33. The number of carbonyl (C=O) groups is 1. The molecular weight excluding hydrogens is 294 g/mol. The Kier molecular flexibility index (Phi) is 3.62. The van der Waals surface area contributed by atoms with Crippen molar-refractivity contribution in [2.24, 2.45) is 0 Å². The highest BCUT2D eigenvalue weighted by Gasteiger charge is 2.23. The predicted octanol–water partition coefficient (Wildman–Crippen LogP) is 4.18. The molecule has 112 valence electrons. The lowest BCUT2D eigenvalue weighted by molar-refractivity contribution is 0.112. The summed E-state index contributed by atoms with van der Waals surface area (Å²) in [6.45, 7) is 6.13. The van der Waals surface area contributed by atoms with Crippen LogP contribution in [0.5, 0.6) is 5.75 Å². The van der Waals surface area contributed by atoms with E-state index in [2.05, 4.69) is 18.8 Å². The van der Waals surface area contributed by atoms with Crippen LogP contribution in [-0.4, -0.2) is 25.3 Å². The molecule has 2 aromatic rings. The highest BCUT2D eigenvalue weighted by atomic mass is 32.1. The van der Waals surface area contributed by atoms with E-state index < -0.39 is 0 Å². The quantitative estimate of drug-likeness (QED) is 0.796. The van der Waals surface area contributed by atoms with Crippen LogP contribution in [0, 0.1) is 6.92 Å². The number of fused-ring (bicyclic) bond motifs is 1. The topological polar surface area (TPSA) is 29.5 Å². The number of aryl methyl sites for hydroxylation is 1. The first-order valence-electron chi connectivity index (χ1n) is 6.93. The zero-order chi connectivity index (χ0) is 15.9. The van der Waals surface area contributed by atoms with Gasteiger partial charge in [0.05, 0.1) is 12.0 Å². The molecular formula is C18H17NO2S. The van der Waals surface area contributed by atoms with Gasteiger partial charge in [-0.3, -0.25) is 4.79 Å². The fourth-order valence-electron chi connectivity index (χ4n) is 2.60. The van der Waals surface area contributed by atoms with Crippen molar-refractivity contribution in [2.45, 2.75) is 6.92 Å². The monoisotopic (exact) mass is 311 g/mol. The fourth-order valence-corrected chi connectivity index (χ4v) is 3.62. The zero-order valence-electron chi connectivity index (χ0n) is 12.8. The summed E-state index contributed by atoms with van der Waals surface area (Å²) in [5.41, 5.74) is 5.18. The molecule has 3 nitrogen and oxygen atoms in total. The van der Waals surface area contributed by atoms with Crippen LogP contribution >= 0.6 is 11.3 Å². The van der Waals surface area contributed by atoms with Gasteiger partial charge in [-0.1, -0.05) is 18.7 Å². The molecule has 0 saturated heterocycles. The van der Waals surface area contributed by atoms with E-state index in [9.17, 15) is 4.79 Å². The van der Waals surface area contributed by atoms with Gasteiger partial charge >= 0.3 is 0 Å². The van der Waals surface area contributed by atoms with Gasteiger partial charge in [0.2, 0.25) is 0 Å². The van der Waals surface area contributed by atoms with E-state index in [0.29, 0.717) is 4.88 Å². The molecule has 0 amide bonds. The summed E-state index contributed by atoms with van der Waals surface area (Å²) < 4.78 is 5.43. The summed E-state index contributed by atoms with van der Waals surface area (Å²) in [5, 5.41) is 0. The van der Waals surface area contributed by atoms with Crippen LogP contribution in [-0.2, 0) is 0 Å². The average Bonchev–Trinajstić information content (AvgIpc) is 2.96. The van der Waals surface area contributed by atoms with Crippen LogP contribution < -0.4 is 4.74 Å². The van der Waals surface area contributed by atoms with Crippen molar-refractivity contribution in [1.29, 1.82) is 0 Å². The second-order valence-electron chi connectivity index (χ2n) is 5.29. The first kappa shape index (κ1) is 14.6. The summed E-state index contributed by atoms with van der Waals surface area (Å²) in [6, 6.07) is 8.07. The minimum atomic E-state index is 0.714. The standard InChI is InChI=1S/C18H17NO2S/c1-11-5-6-13(7-17(11)21-4)16-9-19(3)12(2)15-8-14(10-20)22-18(15)16/h5-10H,2H2,1,3-4H3. The molecule has 0 radical (unpaired) electrons. The van der Waals surface area contributed by atoms with Crippen LogP contribution in [0.3, 0.4) is 0 Å². The van der Waals surface area contributed by atoms with Gasteiger partial charge in [0.25, 0.3) is 0 Å². The second kappa shape index (κ2) is 5.46. The number of methoxy groups -OCH3 is 1. The van der Waals surface area contributed by atoms with E-state index >= 15 is 0 Å². The SMILES string of the molecule is C=C1c2cc(C=O)sc2C(c2ccc(C)c(OC)c2)=CN1C. The minimum absolute atomic E-state index is 0.714. The third-order valence-electron chi connectivity index (χ3n) is 3.89. The maximum Gasteiger partial charge on any atom is 0.160 e. The largest absolute Gasteiger partial charge is 0.496 e. The van der Waals surface area contributed by atoms with Gasteiger partial charge in [-0.25, -0.2) is 0 Å². The molecule has 3 rings (SSSR count). The van der Waals surface area contributed by atoms with E-state index in [1.165, 1.54) is 11.3 Å². The summed E-state index contributed by atoms with van der Waals surface area (Å²) >= 11 is 1.50. The molecule has 22 heavy (non-hydrogen) atoms. The van der Waals surface area contributed by atoms with E-state index in [4.69, 9.17) is 4.74 Å². The minimum Gasteiger partial charge on any atom is -0.496 e. The van der Waals surface area contributed by atoms with Crippen molar-refractivity contribution in [2.75, 3.05) is 14.2 Å². The number of aldehydes is 1. The molecule has 0 bridgehead atoms. The Morgan fingerprint density at radius 2 is 2.09 bits per heavy atom. The van der Waals surface area contributed by atoms with Gasteiger partial charge in [0.15, 0.2) is 6.29 Å². The third kappa shape index (κ3) is 2.25. The Morgan fingerprint density at radius 1 is 1.32 bits per heavy atom. The lowest BCUT2D eigenvalue weighted by Crippen LogP contribution is -2.14. The molecule has 0 fully saturated rings. The van der Waals surface area contributed by atoms with Crippen molar-refractivity contribution in [3.8, 4) is 5.75 Å². The highest BCUT2D eigenvalue weighted by molar-refractivity contribution is 7.15. The third-order valence-corrected chi connectivity index (χ3v) is 4.98. The maximum absolute atomic E-state index is 11.1. The summed E-state index contributed by atoms with van der Waals surface area (Å²) in [4.78, 5) is 14.9.